The standard InChI is InChI=1S/Cl2H2O2P2/c1-5(3)6(2)4/h5-6H. The van der Waals surface area contributed by atoms with E-state index in [-0.39, 0.29) is 0 Å². The Hall–Kier alpha value is 1.04. The van der Waals surface area contributed by atoms with Crippen LogP contribution in [0.4, 0.5) is 0 Å². The fourth-order valence-electron chi connectivity index (χ4n) is 0. The Bertz CT molecular complexity index is 75.5. The highest BCUT2D eigenvalue weighted by Crippen LogP contribution is 2.58. The van der Waals surface area contributed by atoms with E-state index in [0.717, 1.165) is 0 Å². The van der Waals surface area contributed by atoms with Crippen molar-refractivity contribution in [3.8, 4) is 0 Å². The van der Waals surface area contributed by atoms with Crippen molar-refractivity contribution >= 4 is 36.2 Å². The second kappa shape index (κ2) is 3.10. The van der Waals surface area contributed by atoms with E-state index < -0.39 is 13.7 Å². The van der Waals surface area contributed by atoms with E-state index in [4.69, 9.17) is 22.5 Å². The summed E-state index contributed by atoms with van der Waals surface area (Å²) in [4.78, 5) is 0. The van der Waals surface area contributed by atoms with Gasteiger partial charge in [-0.25, -0.2) is 0 Å². The Morgan fingerprint density at radius 1 is 1.00 bits per heavy atom. The zero-order valence-corrected chi connectivity index (χ0v) is 6.08. The summed E-state index contributed by atoms with van der Waals surface area (Å²) in [5.41, 5.74) is 0. The van der Waals surface area contributed by atoms with Gasteiger partial charge in [0, 0.05) is 0 Å². The summed E-state index contributed by atoms with van der Waals surface area (Å²) in [5.74, 6) is 0. The molecule has 0 aliphatic rings. The van der Waals surface area contributed by atoms with Gasteiger partial charge in [0.2, 0.25) is 13.7 Å². The second-order valence-electron chi connectivity index (χ2n) is 0.547. The first-order valence-corrected chi connectivity index (χ1v) is 6.88. The minimum atomic E-state index is -2.42. The van der Waals surface area contributed by atoms with Gasteiger partial charge in [-0.05, 0) is 22.5 Å². The Balaban J connectivity index is 3.57. The third-order valence-corrected chi connectivity index (χ3v) is 5.35. The Morgan fingerprint density at radius 2 is 1.17 bits per heavy atom. The average molecular weight is 167 g/mol. The summed E-state index contributed by atoms with van der Waals surface area (Å²) >= 11 is 9.52. The van der Waals surface area contributed by atoms with Crippen LogP contribution in [0.2, 0.25) is 0 Å². The molecule has 0 rings (SSSR count). The van der Waals surface area contributed by atoms with Gasteiger partial charge in [-0.2, -0.15) is 0 Å². The van der Waals surface area contributed by atoms with Gasteiger partial charge < -0.3 is 9.13 Å². The lowest BCUT2D eigenvalue weighted by Gasteiger charge is -1.72. The van der Waals surface area contributed by atoms with E-state index in [1.165, 1.54) is 0 Å². The minimum absolute atomic E-state index is 2.42. The highest BCUT2D eigenvalue weighted by atomic mass is 35.7. The maximum absolute atomic E-state index is 9.69. The molecule has 6 heteroatoms. The van der Waals surface area contributed by atoms with Crippen molar-refractivity contribution in [1.29, 1.82) is 0 Å². The molecule has 0 fully saturated rings. The van der Waals surface area contributed by atoms with Crippen LogP contribution in [0.15, 0.2) is 0 Å². The number of halogens is 2. The van der Waals surface area contributed by atoms with Crippen LogP contribution in [0, 0.1) is 0 Å². The van der Waals surface area contributed by atoms with Gasteiger partial charge in [-0.1, -0.05) is 0 Å². The average Bonchev–Trinajstić information content (AvgIpc) is 1.36. The first-order chi connectivity index (χ1) is 2.64. The SMILES string of the molecule is O=[PH](Cl)[PH](=O)Cl. The van der Waals surface area contributed by atoms with Crippen LogP contribution in [0.5, 0.6) is 0 Å². The molecule has 0 heterocycles. The second-order valence-corrected chi connectivity index (χ2v) is 8.33. The van der Waals surface area contributed by atoms with Crippen LogP contribution in [0.3, 0.4) is 0 Å². The highest BCUT2D eigenvalue weighted by molar-refractivity contribution is 8.38. The molecule has 0 aromatic rings. The van der Waals surface area contributed by atoms with Gasteiger partial charge in [-0.15, -0.1) is 0 Å². The van der Waals surface area contributed by atoms with Gasteiger partial charge in [-0.3, -0.25) is 0 Å². The smallest absolute Gasteiger partial charge is 0.224 e. The van der Waals surface area contributed by atoms with E-state index in [0.29, 0.717) is 0 Å². The largest absolute Gasteiger partial charge is 0.301 e. The molecule has 2 nitrogen and oxygen atoms in total. The molecule has 6 heavy (non-hydrogen) atoms. The summed E-state index contributed by atoms with van der Waals surface area (Å²) in [5, 5.41) is 0. The van der Waals surface area contributed by atoms with Gasteiger partial charge >= 0.3 is 0 Å². The first-order valence-electron chi connectivity index (χ1n) is 1.04. The third-order valence-electron chi connectivity index (χ3n) is 0.155. The zero-order chi connectivity index (χ0) is 5.15. The van der Waals surface area contributed by atoms with Crippen molar-refractivity contribution in [3.63, 3.8) is 0 Å². The summed E-state index contributed by atoms with van der Waals surface area (Å²) < 4.78 is 19.4. The van der Waals surface area contributed by atoms with Crippen LogP contribution in [0.1, 0.15) is 0 Å². The summed E-state index contributed by atoms with van der Waals surface area (Å²) in [6.07, 6.45) is 0. The number of hydrogen-bond donors (Lipinski definition) is 0. The molecule has 38 valence electrons. The molecule has 0 aromatic heterocycles. The molecule has 0 aromatic carbocycles. The first kappa shape index (κ1) is 7.04. The number of hydrogen-bond acceptors (Lipinski definition) is 2. The molecule has 2 unspecified atom stereocenters. The van der Waals surface area contributed by atoms with E-state index in [2.05, 4.69) is 0 Å². The Labute approximate surface area is 45.9 Å². The predicted octanol–water partition coefficient (Wildman–Crippen LogP) is 2.33. The molecule has 0 radical (unpaired) electrons. The lowest BCUT2D eigenvalue weighted by molar-refractivity contribution is 0.589. The maximum atomic E-state index is 9.69. The molecule has 0 bridgehead atoms. The van der Waals surface area contributed by atoms with Gasteiger partial charge in [0.1, 0.15) is 0 Å². The van der Waals surface area contributed by atoms with Crippen LogP contribution in [-0.2, 0) is 9.13 Å². The molecule has 0 N–H and O–H groups in total. The molecule has 0 spiro atoms. The summed E-state index contributed by atoms with van der Waals surface area (Å²) in [6, 6.07) is 0. The molecule has 0 saturated heterocycles. The van der Waals surface area contributed by atoms with Crippen LogP contribution >= 0.6 is 36.2 Å². The third kappa shape index (κ3) is 3.24. The summed E-state index contributed by atoms with van der Waals surface area (Å²) in [6.45, 7) is -4.84. The monoisotopic (exact) mass is 166 g/mol. The molecule has 0 amide bonds. The highest BCUT2D eigenvalue weighted by Gasteiger charge is 1.95. The van der Waals surface area contributed by atoms with Gasteiger partial charge in [0.05, 0.1) is 0 Å². The van der Waals surface area contributed by atoms with Crippen LogP contribution in [0.25, 0.3) is 0 Å². The fourth-order valence-corrected chi connectivity index (χ4v) is 0. The topological polar surface area (TPSA) is 34.1 Å². The van der Waals surface area contributed by atoms with E-state index in [9.17, 15) is 9.13 Å². The lowest BCUT2D eigenvalue weighted by Crippen LogP contribution is -1.16. The number of rotatable bonds is 1. The quantitative estimate of drug-likeness (QED) is 0.561. The van der Waals surface area contributed by atoms with Crippen molar-refractivity contribution in [2.45, 2.75) is 0 Å². The molecule has 0 aliphatic heterocycles. The van der Waals surface area contributed by atoms with Crippen molar-refractivity contribution in [2.75, 3.05) is 0 Å². The van der Waals surface area contributed by atoms with E-state index in [1.54, 1.807) is 0 Å². The maximum Gasteiger partial charge on any atom is 0.224 e. The minimum Gasteiger partial charge on any atom is -0.301 e. The fraction of sp³-hybridized carbons (Fsp3) is 0. The molecule has 2 atom stereocenters. The molecule has 0 aliphatic carbocycles. The van der Waals surface area contributed by atoms with Crippen LogP contribution < -0.4 is 0 Å². The predicted molar refractivity (Wildman–Crippen MR) is 29.7 cm³/mol. The molecule has 0 saturated carbocycles. The normalized spacial score (nSPS) is 19.7. The Morgan fingerprint density at radius 3 is 1.17 bits per heavy atom. The molecular formula is H2Cl2O2P2. The lowest BCUT2D eigenvalue weighted by atomic mass is 16.0. The molecular weight excluding hydrogens is 165 g/mol. The Kier molecular flexibility index (Phi) is 3.63. The zero-order valence-electron chi connectivity index (χ0n) is 2.57. The summed E-state index contributed by atoms with van der Waals surface area (Å²) in [7, 11) is 0. The van der Waals surface area contributed by atoms with Gasteiger partial charge in [0.25, 0.3) is 0 Å². The van der Waals surface area contributed by atoms with E-state index in [1.807, 2.05) is 0 Å². The van der Waals surface area contributed by atoms with Crippen LogP contribution in [-0.4, -0.2) is 0 Å². The van der Waals surface area contributed by atoms with Crippen molar-refractivity contribution < 1.29 is 9.13 Å². The van der Waals surface area contributed by atoms with Gasteiger partial charge in [0.15, 0.2) is 0 Å². The van der Waals surface area contributed by atoms with Crippen molar-refractivity contribution in [2.24, 2.45) is 0 Å². The van der Waals surface area contributed by atoms with Crippen molar-refractivity contribution in [3.05, 3.63) is 0 Å². The van der Waals surface area contributed by atoms with Crippen molar-refractivity contribution in [1.82, 2.24) is 0 Å². The van der Waals surface area contributed by atoms with E-state index >= 15 is 0 Å².